The second kappa shape index (κ2) is 10.4. The first-order chi connectivity index (χ1) is 15.5. The van der Waals surface area contributed by atoms with E-state index in [1.54, 1.807) is 0 Å². The molecule has 0 aliphatic heterocycles. The summed E-state index contributed by atoms with van der Waals surface area (Å²) < 4.78 is 0. The lowest BCUT2D eigenvalue weighted by molar-refractivity contribution is 0.386. The van der Waals surface area contributed by atoms with E-state index in [2.05, 4.69) is 59.2 Å². The van der Waals surface area contributed by atoms with Crippen LogP contribution in [-0.4, -0.2) is 36.3 Å². The van der Waals surface area contributed by atoms with Crippen LogP contribution in [0.1, 0.15) is 31.2 Å². The fourth-order valence-electron chi connectivity index (χ4n) is 4.26. The molecular weight excluding hydrogens is 438 g/mol. The number of aromatic nitrogens is 1. The lowest BCUT2D eigenvalue weighted by Crippen LogP contribution is -2.44. The van der Waals surface area contributed by atoms with Crippen LogP contribution in [0, 0.1) is 0 Å². The summed E-state index contributed by atoms with van der Waals surface area (Å²) in [6.07, 6.45) is 4.32. The fraction of sp³-hybridized carbons (Fsp3) is 0.360. The van der Waals surface area contributed by atoms with Gasteiger partial charge in [-0.15, -0.1) is 0 Å². The van der Waals surface area contributed by atoms with Gasteiger partial charge in [0.05, 0.1) is 5.52 Å². The lowest BCUT2D eigenvalue weighted by Gasteiger charge is -2.31. The Morgan fingerprint density at radius 1 is 1.03 bits per heavy atom. The minimum Gasteiger partial charge on any atom is -0.377 e. The van der Waals surface area contributed by atoms with Crippen LogP contribution in [0.15, 0.2) is 54.6 Å². The Morgan fingerprint density at radius 3 is 2.53 bits per heavy atom. The van der Waals surface area contributed by atoms with Crippen molar-refractivity contribution in [1.82, 2.24) is 15.6 Å². The molecular formula is C25H30ClN5S. The maximum atomic E-state index is 6.05. The highest BCUT2D eigenvalue weighted by atomic mass is 35.5. The number of thiocarbonyl (C=S) groups is 1. The van der Waals surface area contributed by atoms with Crippen LogP contribution in [-0.2, 0) is 6.54 Å². The number of anilines is 2. The third kappa shape index (κ3) is 5.81. The number of hydrogen-bond donors (Lipinski definition) is 3. The molecule has 0 spiro atoms. The molecule has 1 saturated carbocycles. The van der Waals surface area contributed by atoms with Crippen LogP contribution in [0.4, 0.5) is 11.5 Å². The van der Waals surface area contributed by atoms with Gasteiger partial charge in [-0.25, -0.2) is 4.98 Å². The molecule has 1 heterocycles. The highest BCUT2D eigenvalue weighted by Crippen LogP contribution is 2.29. The van der Waals surface area contributed by atoms with Crippen molar-refractivity contribution in [2.45, 2.75) is 44.3 Å². The SMILES string of the molecule is CN(C)c1cc(NC2CCC(NC(=S)NCc3cccc(Cl)c3)CC2)nc2ccccc12. The van der Waals surface area contributed by atoms with Crippen LogP contribution in [0.3, 0.4) is 0 Å². The first-order valence-corrected chi connectivity index (χ1v) is 11.9. The quantitative estimate of drug-likeness (QED) is 0.425. The summed E-state index contributed by atoms with van der Waals surface area (Å²) in [4.78, 5) is 6.99. The number of pyridine rings is 1. The Balaban J connectivity index is 1.28. The van der Waals surface area contributed by atoms with E-state index in [0.29, 0.717) is 23.7 Å². The minimum absolute atomic E-state index is 0.398. The van der Waals surface area contributed by atoms with Crippen molar-refractivity contribution in [3.63, 3.8) is 0 Å². The van der Waals surface area contributed by atoms with Crippen LogP contribution in [0.5, 0.6) is 0 Å². The molecule has 4 rings (SSSR count). The number of para-hydroxylation sites is 1. The zero-order valence-corrected chi connectivity index (χ0v) is 20.1. The van der Waals surface area contributed by atoms with Gasteiger partial charge in [0.2, 0.25) is 0 Å². The molecule has 1 fully saturated rings. The van der Waals surface area contributed by atoms with E-state index in [4.69, 9.17) is 28.8 Å². The van der Waals surface area contributed by atoms with Gasteiger partial charge >= 0.3 is 0 Å². The number of nitrogens with one attached hydrogen (secondary N) is 3. The van der Waals surface area contributed by atoms with Crippen LogP contribution < -0.4 is 20.9 Å². The highest BCUT2D eigenvalue weighted by Gasteiger charge is 2.22. The van der Waals surface area contributed by atoms with E-state index in [1.165, 1.54) is 11.1 Å². The molecule has 0 radical (unpaired) electrons. The van der Waals surface area contributed by atoms with Gasteiger partial charge < -0.3 is 20.9 Å². The summed E-state index contributed by atoms with van der Waals surface area (Å²) in [7, 11) is 4.15. The molecule has 5 nitrogen and oxygen atoms in total. The molecule has 3 N–H and O–H groups in total. The second-order valence-corrected chi connectivity index (χ2v) is 9.43. The van der Waals surface area contributed by atoms with Gasteiger partial charge in [-0.2, -0.15) is 0 Å². The lowest BCUT2D eigenvalue weighted by atomic mass is 9.91. The number of halogens is 1. The van der Waals surface area contributed by atoms with Crippen molar-refractivity contribution >= 4 is 51.3 Å². The van der Waals surface area contributed by atoms with E-state index < -0.39 is 0 Å². The van der Waals surface area contributed by atoms with Crippen molar-refractivity contribution in [2.75, 3.05) is 24.3 Å². The summed E-state index contributed by atoms with van der Waals surface area (Å²) in [6, 6.07) is 19.1. The molecule has 0 unspecified atom stereocenters. The highest BCUT2D eigenvalue weighted by molar-refractivity contribution is 7.80. The average molecular weight is 468 g/mol. The van der Waals surface area contributed by atoms with E-state index in [-0.39, 0.29) is 0 Å². The molecule has 0 atom stereocenters. The Bertz CT molecular complexity index is 1080. The monoisotopic (exact) mass is 467 g/mol. The molecule has 7 heteroatoms. The zero-order chi connectivity index (χ0) is 22.5. The Kier molecular flexibility index (Phi) is 7.33. The molecule has 0 bridgehead atoms. The van der Waals surface area contributed by atoms with Gasteiger partial charge in [0.1, 0.15) is 5.82 Å². The van der Waals surface area contributed by atoms with Crippen molar-refractivity contribution in [2.24, 2.45) is 0 Å². The predicted molar refractivity (Wildman–Crippen MR) is 140 cm³/mol. The maximum absolute atomic E-state index is 6.05. The largest absolute Gasteiger partial charge is 0.377 e. The van der Waals surface area contributed by atoms with E-state index in [9.17, 15) is 0 Å². The summed E-state index contributed by atoms with van der Waals surface area (Å²) >= 11 is 11.6. The van der Waals surface area contributed by atoms with Crippen molar-refractivity contribution in [1.29, 1.82) is 0 Å². The third-order valence-electron chi connectivity index (χ3n) is 5.93. The van der Waals surface area contributed by atoms with Crippen LogP contribution >= 0.6 is 23.8 Å². The first-order valence-electron chi connectivity index (χ1n) is 11.1. The topological polar surface area (TPSA) is 52.2 Å². The van der Waals surface area contributed by atoms with Gasteiger partial charge in [0, 0.05) is 54.9 Å². The smallest absolute Gasteiger partial charge is 0.166 e. The molecule has 168 valence electrons. The number of nitrogens with zero attached hydrogens (tertiary/aromatic N) is 2. The van der Waals surface area contributed by atoms with Gasteiger partial charge in [-0.3, -0.25) is 0 Å². The molecule has 1 aliphatic rings. The van der Waals surface area contributed by atoms with Crippen molar-refractivity contribution in [3.8, 4) is 0 Å². The summed E-state index contributed by atoms with van der Waals surface area (Å²) in [6.45, 7) is 0.672. The molecule has 32 heavy (non-hydrogen) atoms. The van der Waals surface area contributed by atoms with Gasteiger partial charge in [0.15, 0.2) is 5.11 Å². The van der Waals surface area contributed by atoms with Crippen molar-refractivity contribution < 1.29 is 0 Å². The van der Waals surface area contributed by atoms with Gasteiger partial charge in [-0.05, 0) is 61.7 Å². The number of fused-ring (bicyclic) bond motifs is 1. The van der Waals surface area contributed by atoms with E-state index in [1.807, 2.05) is 30.3 Å². The first kappa shape index (κ1) is 22.6. The Hall–Kier alpha value is -2.57. The Morgan fingerprint density at radius 2 is 1.78 bits per heavy atom. The van der Waals surface area contributed by atoms with E-state index >= 15 is 0 Å². The van der Waals surface area contributed by atoms with E-state index in [0.717, 1.165) is 47.6 Å². The average Bonchev–Trinajstić information content (AvgIpc) is 2.78. The maximum Gasteiger partial charge on any atom is 0.166 e. The minimum atomic E-state index is 0.398. The Labute approximate surface area is 200 Å². The standard InChI is InChI=1S/C25H30ClN5S/c1-31(2)23-15-24(30-22-9-4-3-8-21(22)23)28-19-10-12-20(13-11-19)29-25(32)27-16-17-6-5-7-18(26)14-17/h3-9,14-15,19-20H,10-13,16H2,1-2H3,(H,28,30)(H2,27,29,32). The van der Waals surface area contributed by atoms with Crippen LogP contribution in [0.2, 0.25) is 5.02 Å². The van der Waals surface area contributed by atoms with Crippen molar-refractivity contribution in [3.05, 3.63) is 65.2 Å². The molecule has 2 aromatic carbocycles. The molecule has 1 aliphatic carbocycles. The molecule has 1 aromatic heterocycles. The molecule has 0 amide bonds. The zero-order valence-electron chi connectivity index (χ0n) is 18.6. The summed E-state index contributed by atoms with van der Waals surface area (Å²) in [5.74, 6) is 0.947. The molecule has 0 saturated heterocycles. The number of rotatable bonds is 6. The van der Waals surface area contributed by atoms with Gasteiger partial charge in [-0.1, -0.05) is 41.9 Å². The number of benzene rings is 2. The van der Waals surface area contributed by atoms with Crippen LogP contribution in [0.25, 0.3) is 10.9 Å². The third-order valence-corrected chi connectivity index (χ3v) is 6.43. The summed E-state index contributed by atoms with van der Waals surface area (Å²) in [5, 5.41) is 13.1. The molecule has 3 aromatic rings. The summed E-state index contributed by atoms with van der Waals surface area (Å²) in [5.41, 5.74) is 3.33. The predicted octanol–water partition coefficient (Wildman–Crippen LogP) is 5.34. The fourth-order valence-corrected chi connectivity index (χ4v) is 4.71. The second-order valence-electron chi connectivity index (χ2n) is 8.59. The van der Waals surface area contributed by atoms with Gasteiger partial charge in [0.25, 0.3) is 0 Å². The number of hydrogen-bond acceptors (Lipinski definition) is 4. The normalized spacial score (nSPS) is 18.2.